The summed E-state index contributed by atoms with van der Waals surface area (Å²) < 4.78 is 0. The Balaban J connectivity index is 2.01. The second-order valence-corrected chi connectivity index (χ2v) is 4.44. The summed E-state index contributed by atoms with van der Waals surface area (Å²) in [6.45, 7) is 6.01. The molecule has 0 aromatic rings. The van der Waals surface area contributed by atoms with Crippen molar-refractivity contribution in [3.63, 3.8) is 0 Å². The number of likely N-dealkylation sites (tertiary alicyclic amines) is 1. The molecular formula is C11H21N. The maximum absolute atomic E-state index is 2.79. The molecule has 1 heteroatoms. The van der Waals surface area contributed by atoms with Gasteiger partial charge in [-0.3, -0.25) is 4.90 Å². The van der Waals surface area contributed by atoms with Gasteiger partial charge in [-0.25, -0.2) is 0 Å². The standard InChI is InChI=1S/C11H21N/c1-3-7-12-10-6-5-9(8-10)11(12)4-2/h9-11H,3-8H2,1-2H3. The van der Waals surface area contributed by atoms with Crippen LogP contribution in [0.5, 0.6) is 0 Å². The molecule has 2 fully saturated rings. The lowest BCUT2D eigenvalue weighted by molar-refractivity contribution is 0.135. The monoisotopic (exact) mass is 167 g/mol. The van der Waals surface area contributed by atoms with Crippen LogP contribution in [0.1, 0.15) is 46.0 Å². The van der Waals surface area contributed by atoms with Gasteiger partial charge in [-0.15, -0.1) is 0 Å². The van der Waals surface area contributed by atoms with E-state index in [0.717, 1.165) is 18.0 Å². The van der Waals surface area contributed by atoms with E-state index in [-0.39, 0.29) is 0 Å². The van der Waals surface area contributed by atoms with Gasteiger partial charge in [0.1, 0.15) is 0 Å². The lowest BCUT2D eigenvalue weighted by Gasteiger charge is -2.34. The topological polar surface area (TPSA) is 3.24 Å². The summed E-state index contributed by atoms with van der Waals surface area (Å²) in [6.07, 6.45) is 7.23. The van der Waals surface area contributed by atoms with Gasteiger partial charge in [-0.05, 0) is 44.6 Å². The first-order chi connectivity index (χ1) is 5.86. The molecule has 0 aromatic carbocycles. The minimum absolute atomic E-state index is 0.948. The zero-order valence-electron chi connectivity index (χ0n) is 8.42. The van der Waals surface area contributed by atoms with Crippen LogP contribution >= 0.6 is 0 Å². The van der Waals surface area contributed by atoms with Crippen LogP contribution in [-0.2, 0) is 0 Å². The van der Waals surface area contributed by atoms with Crippen LogP contribution in [0.4, 0.5) is 0 Å². The van der Waals surface area contributed by atoms with Crippen molar-refractivity contribution >= 4 is 0 Å². The smallest absolute Gasteiger partial charge is 0.0124 e. The highest BCUT2D eigenvalue weighted by molar-refractivity contribution is 4.98. The van der Waals surface area contributed by atoms with Crippen LogP contribution in [0.2, 0.25) is 0 Å². The average molecular weight is 167 g/mol. The van der Waals surface area contributed by atoms with Crippen molar-refractivity contribution in [1.82, 2.24) is 4.90 Å². The normalized spacial score (nSPS) is 41.0. The van der Waals surface area contributed by atoms with Gasteiger partial charge in [0.25, 0.3) is 0 Å². The van der Waals surface area contributed by atoms with Gasteiger partial charge in [-0.1, -0.05) is 13.8 Å². The van der Waals surface area contributed by atoms with E-state index in [1.54, 1.807) is 0 Å². The number of piperidine rings is 1. The number of hydrogen-bond acceptors (Lipinski definition) is 1. The molecule has 1 heterocycles. The van der Waals surface area contributed by atoms with E-state index >= 15 is 0 Å². The van der Waals surface area contributed by atoms with Crippen molar-refractivity contribution < 1.29 is 0 Å². The molecule has 1 nitrogen and oxygen atoms in total. The molecule has 70 valence electrons. The van der Waals surface area contributed by atoms with Crippen molar-refractivity contribution in [2.45, 2.75) is 58.0 Å². The molecule has 1 saturated carbocycles. The summed E-state index contributed by atoms with van der Waals surface area (Å²) in [4.78, 5) is 2.79. The van der Waals surface area contributed by atoms with E-state index in [1.165, 1.54) is 38.6 Å². The van der Waals surface area contributed by atoms with Gasteiger partial charge >= 0.3 is 0 Å². The molecule has 12 heavy (non-hydrogen) atoms. The minimum atomic E-state index is 0.948. The van der Waals surface area contributed by atoms with Crippen molar-refractivity contribution in [3.8, 4) is 0 Å². The van der Waals surface area contributed by atoms with Gasteiger partial charge in [-0.2, -0.15) is 0 Å². The summed E-state index contributed by atoms with van der Waals surface area (Å²) in [5.74, 6) is 1.06. The Morgan fingerprint density at radius 1 is 1.25 bits per heavy atom. The highest BCUT2D eigenvalue weighted by Gasteiger charge is 2.43. The molecule has 2 bridgehead atoms. The van der Waals surface area contributed by atoms with E-state index in [0.29, 0.717) is 0 Å². The Hall–Kier alpha value is -0.0400. The quantitative estimate of drug-likeness (QED) is 0.624. The summed E-state index contributed by atoms with van der Waals surface area (Å²) in [6, 6.07) is 1.92. The summed E-state index contributed by atoms with van der Waals surface area (Å²) in [5.41, 5.74) is 0. The summed E-state index contributed by atoms with van der Waals surface area (Å²) in [7, 11) is 0. The number of rotatable bonds is 3. The van der Waals surface area contributed by atoms with Gasteiger partial charge in [0, 0.05) is 12.1 Å². The van der Waals surface area contributed by atoms with Crippen molar-refractivity contribution in [1.29, 1.82) is 0 Å². The second kappa shape index (κ2) is 3.37. The number of hydrogen-bond donors (Lipinski definition) is 0. The van der Waals surface area contributed by atoms with Crippen molar-refractivity contribution in [3.05, 3.63) is 0 Å². The molecular weight excluding hydrogens is 146 g/mol. The van der Waals surface area contributed by atoms with Gasteiger partial charge in [0.2, 0.25) is 0 Å². The van der Waals surface area contributed by atoms with Crippen LogP contribution in [0.15, 0.2) is 0 Å². The fourth-order valence-electron chi connectivity index (χ4n) is 3.36. The maximum atomic E-state index is 2.79. The van der Waals surface area contributed by atoms with Crippen LogP contribution in [-0.4, -0.2) is 23.5 Å². The molecule has 3 unspecified atom stereocenters. The minimum Gasteiger partial charge on any atom is -0.297 e. The molecule has 1 aliphatic heterocycles. The third-order valence-corrected chi connectivity index (χ3v) is 3.78. The highest BCUT2D eigenvalue weighted by atomic mass is 15.2. The Morgan fingerprint density at radius 3 is 2.75 bits per heavy atom. The second-order valence-electron chi connectivity index (χ2n) is 4.44. The SMILES string of the molecule is CCCN1C2CCC(C2)C1CC. The van der Waals surface area contributed by atoms with Gasteiger partial charge in [0.15, 0.2) is 0 Å². The van der Waals surface area contributed by atoms with Crippen LogP contribution in [0.3, 0.4) is 0 Å². The third-order valence-electron chi connectivity index (χ3n) is 3.78. The predicted molar refractivity (Wildman–Crippen MR) is 52.2 cm³/mol. The fourth-order valence-corrected chi connectivity index (χ4v) is 3.36. The van der Waals surface area contributed by atoms with Crippen molar-refractivity contribution in [2.24, 2.45) is 5.92 Å². The zero-order valence-corrected chi connectivity index (χ0v) is 8.42. The van der Waals surface area contributed by atoms with E-state index in [4.69, 9.17) is 0 Å². The van der Waals surface area contributed by atoms with E-state index < -0.39 is 0 Å². The third kappa shape index (κ3) is 1.19. The van der Waals surface area contributed by atoms with Crippen LogP contribution in [0, 0.1) is 5.92 Å². The average Bonchev–Trinajstić information content (AvgIpc) is 2.64. The predicted octanol–water partition coefficient (Wildman–Crippen LogP) is 2.66. The molecule has 1 saturated heterocycles. The van der Waals surface area contributed by atoms with E-state index in [1.807, 2.05) is 0 Å². The molecule has 3 atom stereocenters. The largest absolute Gasteiger partial charge is 0.297 e. The van der Waals surface area contributed by atoms with Gasteiger partial charge < -0.3 is 0 Å². The van der Waals surface area contributed by atoms with Crippen LogP contribution in [0.25, 0.3) is 0 Å². The zero-order chi connectivity index (χ0) is 8.55. The Bertz CT molecular complexity index is 155. The molecule has 2 aliphatic rings. The Kier molecular flexibility index (Phi) is 2.40. The lowest BCUT2D eigenvalue weighted by atomic mass is 9.96. The summed E-state index contributed by atoms with van der Waals surface area (Å²) in [5, 5.41) is 0. The molecule has 0 radical (unpaired) electrons. The number of fused-ring (bicyclic) bond motifs is 2. The molecule has 0 N–H and O–H groups in total. The lowest BCUT2D eigenvalue weighted by Crippen LogP contribution is -2.40. The first kappa shape index (κ1) is 8.55. The molecule has 0 amide bonds. The molecule has 1 aliphatic carbocycles. The molecule has 0 spiro atoms. The maximum Gasteiger partial charge on any atom is 0.0124 e. The van der Waals surface area contributed by atoms with E-state index in [9.17, 15) is 0 Å². The molecule has 0 aromatic heterocycles. The first-order valence-electron chi connectivity index (χ1n) is 5.62. The van der Waals surface area contributed by atoms with Gasteiger partial charge in [0.05, 0.1) is 0 Å². The fraction of sp³-hybridized carbons (Fsp3) is 1.00. The Morgan fingerprint density at radius 2 is 2.08 bits per heavy atom. The molecule has 2 rings (SSSR count). The Labute approximate surface area is 76.1 Å². The van der Waals surface area contributed by atoms with E-state index in [2.05, 4.69) is 18.7 Å². The van der Waals surface area contributed by atoms with Crippen LogP contribution < -0.4 is 0 Å². The first-order valence-corrected chi connectivity index (χ1v) is 5.62. The number of nitrogens with zero attached hydrogens (tertiary/aromatic N) is 1. The summed E-state index contributed by atoms with van der Waals surface area (Å²) >= 11 is 0. The van der Waals surface area contributed by atoms with Crippen molar-refractivity contribution in [2.75, 3.05) is 6.54 Å². The highest BCUT2D eigenvalue weighted by Crippen LogP contribution is 2.43.